The second kappa shape index (κ2) is 6.58. The third-order valence-electron chi connectivity index (χ3n) is 0.970. The fourth-order valence-electron chi connectivity index (χ4n) is 0.462. The van der Waals surface area contributed by atoms with Gasteiger partial charge in [-0.15, -0.1) is 0 Å². The summed E-state index contributed by atoms with van der Waals surface area (Å²) in [5.41, 5.74) is 0. The van der Waals surface area contributed by atoms with Gasteiger partial charge in [-0.25, -0.2) is 0 Å². The van der Waals surface area contributed by atoms with E-state index in [2.05, 4.69) is 56.5 Å². The van der Waals surface area contributed by atoms with Crippen LogP contribution in [0.15, 0.2) is 0 Å². The molecule has 0 amide bonds. The Bertz CT molecular complexity index is 45.8. The predicted octanol–water partition coefficient (Wildman–Crippen LogP) is 3.58. The summed E-state index contributed by atoms with van der Waals surface area (Å²) in [5.74, 6) is 0. The van der Waals surface area contributed by atoms with Gasteiger partial charge in [0.25, 0.3) is 0 Å². The number of rotatable bonds is 4. The van der Waals surface area contributed by atoms with Gasteiger partial charge in [0.05, 0.1) is 0 Å². The number of halogens is 2. The highest BCUT2D eigenvalue weighted by molar-refractivity contribution is 14.1. The molecule has 0 aromatic carbocycles. The van der Waals surface area contributed by atoms with Crippen molar-refractivity contribution in [3.8, 4) is 0 Å². The summed E-state index contributed by atoms with van der Waals surface area (Å²) >= 11 is 4.79. The fourth-order valence-corrected chi connectivity index (χ4v) is 1.26. The normalized spacial score (nSPS) is 13.9. The zero-order valence-corrected chi connectivity index (χ0v) is 9.35. The average molecular weight is 337 g/mol. The van der Waals surface area contributed by atoms with Crippen molar-refractivity contribution in [2.45, 2.75) is 30.1 Å². The molecule has 0 nitrogen and oxygen atoms in total. The summed E-state index contributed by atoms with van der Waals surface area (Å²) < 4.78 is 3.02. The molecule has 0 rings (SSSR count). The van der Waals surface area contributed by atoms with Crippen molar-refractivity contribution in [3.63, 3.8) is 0 Å². The Morgan fingerprint density at radius 3 is 2.62 bits per heavy atom. The lowest BCUT2D eigenvalue weighted by molar-refractivity contribution is 0.746. The van der Waals surface area contributed by atoms with Crippen molar-refractivity contribution < 1.29 is 0 Å². The smallest absolute Gasteiger partial charge is 0.0355 e. The molecule has 1 atom stereocenters. The molecule has 0 saturated heterocycles. The van der Waals surface area contributed by atoms with Gasteiger partial charge in [-0.2, -0.15) is 0 Å². The van der Waals surface area contributed by atoms with Crippen molar-refractivity contribution in [3.05, 3.63) is 4.43 Å². The number of hydrogen-bond acceptors (Lipinski definition) is 0. The van der Waals surface area contributed by atoms with Crippen molar-refractivity contribution in [2.24, 2.45) is 0 Å². The van der Waals surface area contributed by atoms with Crippen LogP contribution in [0, 0.1) is 4.43 Å². The van der Waals surface area contributed by atoms with Crippen LogP contribution in [0.4, 0.5) is 0 Å². The largest absolute Gasteiger partial charge is 0.0814 e. The molecule has 2 heteroatoms. The van der Waals surface area contributed by atoms with Crippen molar-refractivity contribution in [1.29, 1.82) is 0 Å². The van der Waals surface area contributed by atoms with E-state index in [1.165, 1.54) is 19.3 Å². The van der Waals surface area contributed by atoms with Crippen LogP contribution in [0.25, 0.3) is 0 Å². The van der Waals surface area contributed by atoms with E-state index in [-0.39, 0.29) is 0 Å². The lowest BCUT2D eigenvalue weighted by atomic mass is 10.2. The molecule has 49 valence electrons. The molecule has 0 aromatic rings. The van der Waals surface area contributed by atoms with Gasteiger partial charge in [0.15, 0.2) is 0 Å². The molecule has 0 aliphatic carbocycles. The molecule has 0 aromatic heterocycles. The first kappa shape index (κ1) is 9.46. The summed E-state index contributed by atoms with van der Waals surface area (Å²) in [4.78, 5) is 0. The van der Waals surface area contributed by atoms with Crippen LogP contribution < -0.4 is 0 Å². The predicted molar refractivity (Wildman–Crippen MR) is 55.7 cm³/mol. The second-order valence-electron chi connectivity index (χ2n) is 1.78. The number of hydrogen-bond donors (Lipinski definition) is 0. The summed E-state index contributed by atoms with van der Waals surface area (Å²) in [6.45, 7) is 2.23. The Balaban J connectivity index is 2.86. The summed E-state index contributed by atoms with van der Waals surface area (Å²) in [6.07, 6.45) is 4.04. The Hall–Kier alpha value is 1.46. The van der Waals surface area contributed by atoms with E-state index in [0.717, 1.165) is 3.92 Å². The first-order valence-electron chi connectivity index (χ1n) is 2.89. The minimum atomic E-state index is 0.785. The molecule has 8 heavy (non-hydrogen) atoms. The number of unbranched alkanes of at least 4 members (excludes halogenated alkanes) is 1. The maximum absolute atomic E-state index is 2.47. The van der Waals surface area contributed by atoms with E-state index < -0.39 is 0 Å². The maximum Gasteiger partial charge on any atom is 0.0355 e. The van der Waals surface area contributed by atoms with E-state index in [1.54, 1.807) is 0 Å². The average Bonchev–Trinajstić information content (AvgIpc) is 1.83. The van der Waals surface area contributed by atoms with E-state index >= 15 is 0 Å². The molecule has 0 saturated carbocycles. The van der Waals surface area contributed by atoms with E-state index in [4.69, 9.17) is 0 Å². The van der Waals surface area contributed by atoms with Crippen LogP contribution in [-0.2, 0) is 0 Å². The van der Waals surface area contributed by atoms with Gasteiger partial charge in [-0.05, 0) is 6.42 Å². The summed E-state index contributed by atoms with van der Waals surface area (Å²) in [6, 6.07) is 0. The Labute approximate surface area is 79.1 Å². The molecule has 0 heterocycles. The molecule has 0 fully saturated rings. The monoisotopic (exact) mass is 337 g/mol. The first-order chi connectivity index (χ1) is 3.81. The third kappa shape index (κ3) is 5.59. The molecule has 0 N–H and O–H groups in total. The van der Waals surface area contributed by atoms with Crippen LogP contribution in [0.5, 0.6) is 0 Å². The Morgan fingerprint density at radius 2 is 2.25 bits per heavy atom. The fraction of sp³-hybridized carbons (Fsp3) is 0.833. The molecule has 0 bridgehead atoms. The quantitative estimate of drug-likeness (QED) is 0.544. The van der Waals surface area contributed by atoms with Crippen molar-refractivity contribution >= 4 is 45.2 Å². The molecular formula is C6H11I2. The molecule has 0 aliphatic rings. The second-order valence-corrected chi connectivity index (χ2v) is 4.10. The molecule has 0 spiro atoms. The SMILES string of the molecule is CCCCC(I)[CH]I. The van der Waals surface area contributed by atoms with Crippen molar-refractivity contribution in [2.75, 3.05) is 0 Å². The Morgan fingerprint density at radius 1 is 1.62 bits per heavy atom. The lowest BCUT2D eigenvalue weighted by Gasteiger charge is -2.01. The van der Waals surface area contributed by atoms with Crippen LogP contribution in [0.1, 0.15) is 26.2 Å². The molecule has 1 radical (unpaired) electrons. The third-order valence-corrected chi connectivity index (χ3v) is 4.20. The zero-order chi connectivity index (χ0) is 6.41. The van der Waals surface area contributed by atoms with Crippen LogP contribution in [0.2, 0.25) is 0 Å². The standard InChI is InChI=1S/C6H11I2/c1-2-3-4-6(8)5-7/h5-6H,2-4H2,1H3. The minimum Gasteiger partial charge on any atom is -0.0814 e. The van der Waals surface area contributed by atoms with Crippen molar-refractivity contribution in [1.82, 2.24) is 0 Å². The van der Waals surface area contributed by atoms with E-state index in [0.29, 0.717) is 0 Å². The van der Waals surface area contributed by atoms with Gasteiger partial charge in [-0.1, -0.05) is 64.9 Å². The van der Waals surface area contributed by atoms with Crippen LogP contribution in [0.3, 0.4) is 0 Å². The molecule has 0 aliphatic heterocycles. The van der Waals surface area contributed by atoms with Gasteiger partial charge in [0, 0.05) is 8.35 Å². The maximum atomic E-state index is 2.47. The van der Waals surface area contributed by atoms with E-state index in [9.17, 15) is 0 Å². The summed E-state index contributed by atoms with van der Waals surface area (Å²) in [7, 11) is 0. The molecular weight excluding hydrogens is 326 g/mol. The van der Waals surface area contributed by atoms with E-state index in [1.807, 2.05) is 0 Å². The minimum absolute atomic E-state index is 0.785. The van der Waals surface area contributed by atoms with Gasteiger partial charge >= 0.3 is 0 Å². The lowest BCUT2D eigenvalue weighted by Crippen LogP contribution is -1.91. The highest BCUT2D eigenvalue weighted by Gasteiger charge is 1.98. The first-order valence-corrected chi connectivity index (χ1v) is 5.38. The highest BCUT2D eigenvalue weighted by atomic mass is 127. The summed E-state index contributed by atoms with van der Waals surface area (Å²) in [5, 5.41) is 0. The van der Waals surface area contributed by atoms with Gasteiger partial charge in [0.2, 0.25) is 0 Å². The topological polar surface area (TPSA) is 0 Å². The number of alkyl halides is 1. The highest BCUT2D eigenvalue weighted by Crippen LogP contribution is 2.16. The molecule has 1 unspecified atom stereocenters. The zero-order valence-electron chi connectivity index (χ0n) is 5.03. The van der Waals surface area contributed by atoms with Gasteiger partial charge in [0.1, 0.15) is 0 Å². The van der Waals surface area contributed by atoms with Crippen LogP contribution in [-0.4, -0.2) is 3.92 Å². The Kier molecular flexibility index (Phi) is 7.78. The van der Waals surface area contributed by atoms with Gasteiger partial charge < -0.3 is 0 Å². The van der Waals surface area contributed by atoms with Crippen LogP contribution >= 0.6 is 45.2 Å². The van der Waals surface area contributed by atoms with Gasteiger partial charge in [-0.3, -0.25) is 0 Å².